The summed E-state index contributed by atoms with van der Waals surface area (Å²) in [5.41, 5.74) is 5.17. The summed E-state index contributed by atoms with van der Waals surface area (Å²) < 4.78 is 39.0. The first-order valence-electron chi connectivity index (χ1n) is 7.22. The van der Waals surface area contributed by atoms with E-state index in [9.17, 15) is 18.0 Å². The number of nitriles is 1. The third-order valence-corrected chi connectivity index (χ3v) is 3.55. The summed E-state index contributed by atoms with van der Waals surface area (Å²) in [6.07, 6.45) is 0.938. The first-order chi connectivity index (χ1) is 12.3. The molecule has 0 aromatic carbocycles. The smallest absolute Gasteiger partial charge is 0.366 e. The van der Waals surface area contributed by atoms with Gasteiger partial charge in [0.1, 0.15) is 23.1 Å². The molecule has 26 heavy (non-hydrogen) atoms. The van der Waals surface area contributed by atoms with Gasteiger partial charge in [-0.15, -0.1) is 0 Å². The number of pyridine rings is 2. The summed E-state index contributed by atoms with van der Waals surface area (Å²) in [6, 6.07) is 5.34. The van der Waals surface area contributed by atoms with Crippen molar-refractivity contribution < 1.29 is 18.0 Å². The third kappa shape index (κ3) is 3.39. The fraction of sp³-hybridized carbons (Fsp3) is 0.0588. The Kier molecular flexibility index (Phi) is 4.18. The van der Waals surface area contributed by atoms with E-state index in [-0.39, 0.29) is 11.3 Å². The minimum atomic E-state index is -4.68. The Labute approximate surface area is 144 Å². The molecule has 0 aliphatic carbocycles. The summed E-state index contributed by atoms with van der Waals surface area (Å²) in [4.78, 5) is 21.2. The average Bonchev–Trinajstić information content (AvgIpc) is 3.01. The quantitative estimate of drug-likeness (QED) is 0.702. The van der Waals surface area contributed by atoms with E-state index in [4.69, 9.17) is 11.0 Å². The highest BCUT2D eigenvalue weighted by Crippen LogP contribution is 2.32. The Morgan fingerprint density at radius 3 is 2.69 bits per heavy atom. The molecule has 0 saturated carbocycles. The molecule has 0 radical (unpaired) electrons. The van der Waals surface area contributed by atoms with Crippen LogP contribution in [-0.2, 0) is 11.0 Å². The Morgan fingerprint density at radius 2 is 2.04 bits per heavy atom. The van der Waals surface area contributed by atoms with Crippen molar-refractivity contribution in [1.82, 2.24) is 15.0 Å². The van der Waals surface area contributed by atoms with Crippen molar-refractivity contribution in [3.05, 3.63) is 53.6 Å². The minimum absolute atomic E-state index is 0.157. The minimum Gasteiger partial charge on any atom is -0.366 e. The molecule has 0 atom stereocenters. The van der Waals surface area contributed by atoms with Crippen LogP contribution in [-0.4, -0.2) is 20.9 Å². The highest BCUT2D eigenvalue weighted by molar-refractivity contribution is 5.95. The average molecular weight is 357 g/mol. The molecular formula is C17H10F3N5O. The second kappa shape index (κ2) is 6.33. The summed E-state index contributed by atoms with van der Waals surface area (Å²) in [5, 5.41) is 9.54. The fourth-order valence-corrected chi connectivity index (χ4v) is 2.39. The first kappa shape index (κ1) is 17.2. The molecule has 9 heteroatoms. The standard InChI is InChI=1S/C17H10F3N5O/c18-17(19,20)14-5-10(3-12(6-21)25-14)11-4-13-9(1-2-15(22)26)7-23-16(13)24-8-11/h1-5,7-8H,(H2,22,26)(H,23,24)/b2-1+. The number of carbonyl (C=O) groups is 1. The van der Waals surface area contributed by atoms with Gasteiger partial charge in [-0.05, 0) is 29.8 Å². The number of amides is 1. The molecule has 3 N–H and O–H groups in total. The van der Waals surface area contributed by atoms with E-state index in [1.165, 1.54) is 18.3 Å². The number of aromatic amines is 1. The van der Waals surface area contributed by atoms with E-state index in [2.05, 4.69) is 15.0 Å². The number of hydrogen-bond donors (Lipinski definition) is 2. The molecular weight excluding hydrogens is 347 g/mol. The molecule has 0 unspecified atom stereocenters. The van der Waals surface area contributed by atoms with Crippen LogP contribution < -0.4 is 5.73 Å². The van der Waals surface area contributed by atoms with Crippen LogP contribution in [0.5, 0.6) is 0 Å². The van der Waals surface area contributed by atoms with Crippen LogP contribution in [0.3, 0.4) is 0 Å². The highest BCUT2D eigenvalue weighted by Gasteiger charge is 2.33. The zero-order valence-corrected chi connectivity index (χ0v) is 13.0. The van der Waals surface area contributed by atoms with E-state index >= 15 is 0 Å². The molecule has 130 valence electrons. The second-order valence-electron chi connectivity index (χ2n) is 5.34. The third-order valence-electron chi connectivity index (χ3n) is 3.55. The van der Waals surface area contributed by atoms with E-state index in [0.29, 0.717) is 22.2 Å². The van der Waals surface area contributed by atoms with Gasteiger partial charge in [0.15, 0.2) is 0 Å². The van der Waals surface area contributed by atoms with E-state index in [0.717, 1.165) is 12.1 Å². The highest BCUT2D eigenvalue weighted by atomic mass is 19.4. The lowest BCUT2D eigenvalue weighted by molar-refractivity contribution is -0.141. The van der Waals surface area contributed by atoms with E-state index in [1.807, 2.05) is 0 Å². The van der Waals surface area contributed by atoms with Crippen molar-refractivity contribution in [3.8, 4) is 17.2 Å². The number of rotatable bonds is 3. The van der Waals surface area contributed by atoms with Gasteiger partial charge in [-0.1, -0.05) is 0 Å². The summed E-state index contributed by atoms with van der Waals surface area (Å²) in [6.45, 7) is 0. The van der Waals surface area contributed by atoms with Crippen LogP contribution >= 0.6 is 0 Å². The predicted octanol–water partition coefficient (Wildman–Crippen LogP) is 3.01. The van der Waals surface area contributed by atoms with Crippen LogP contribution in [0, 0.1) is 11.3 Å². The van der Waals surface area contributed by atoms with Crippen LogP contribution in [0.1, 0.15) is 17.0 Å². The number of aromatic nitrogens is 3. The molecule has 3 aromatic heterocycles. The van der Waals surface area contributed by atoms with E-state index in [1.54, 1.807) is 18.3 Å². The lowest BCUT2D eigenvalue weighted by atomic mass is 10.0. The number of H-pyrrole nitrogens is 1. The number of fused-ring (bicyclic) bond motifs is 1. The van der Waals surface area contributed by atoms with Crippen molar-refractivity contribution in [1.29, 1.82) is 5.26 Å². The number of alkyl halides is 3. The van der Waals surface area contributed by atoms with E-state index < -0.39 is 17.8 Å². The second-order valence-corrected chi connectivity index (χ2v) is 5.34. The number of nitrogens with zero attached hydrogens (tertiary/aromatic N) is 3. The maximum atomic E-state index is 13.0. The number of nitrogens with one attached hydrogen (secondary N) is 1. The maximum absolute atomic E-state index is 13.0. The van der Waals surface area contributed by atoms with Gasteiger partial charge >= 0.3 is 6.18 Å². The Balaban J connectivity index is 2.15. The lowest BCUT2D eigenvalue weighted by Gasteiger charge is -2.09. The molecule has 6 nitrogen and oxygen atoms in total. The van der Waals surface area contributed by atoms with Crippen molar-refractivity contribution >= 4 is 23.0 Å². The molecule has 0 spiro atoms. The van der Waals surface area contributed by atoms with Crippen LogP contribution in [0.25, 0.3) is 28.2 Å². The molecule has 3 rings (SSSR count). The number of carbonyl (C=O) groups excluding carboxylic acids is 1. The number of halogens is 3. The Morgan fingerprint density at radius 1 is 1.27 bits per heavy atom. The van der Waals surface area contributed by atoms with Crippen molar-refractivity contribution in [2.24, 2.45) is 5.73 Å². The van der Waals surface area contributed by atoms with Gasteiger partial charge in [0.25, 0.3) is 0 Å². The Hall–Kier alpha value is -3.67. The van der Waals surface area contributed by atoms with Gasteiger partial charge in [-0.3, -0.25) is 4.79 Å². The molecule has 3 heterocycles. The van der Waals surface area contributed by atoms with Gasteiger partial charge < -0.3 is 10.7 Å². The maximum Gasteiger partial charge on any atom is 0.433 e. The normalized spacial score (nSPS) is 11.8. The number of nitrogens with two attached hydrogens (primary N) is 1. The van der Waals surface area contributed by atoms with Crippen LogP contribution in [0.2, 0.25) is 0 Å². The molecule has 1 amide bonds. The Bertz CT molecular complexity index is 1080. The fourth-order valence-electron chi connectivity index (χ4n) is 2.39. The summed E-state index contributed by atoms with van der Waals surface area (Å²) in [5.74, 6) is -0.633. The van der Waals surface area contributed by atoms with Gasteiger partial charge in [-0.2, -0.15) is 18.4 Å². The molecule has 3 aromatic rings. The zero-order valence-electron chi connectivity index (χ0n) is 13.0. The van der Waals surface area contributed by atoms with Crippen LogP contribution in [0.4, 0.5) is 13.2 Å². The number of hydrogen-bond acceptors (Lipinski definition) is 4. The molecule has 0 aliphatic heterocycles. The van der Waals surface area contributed by atoms with Crippen LogP contribution in [0.15, 0.2) is 36.7 Å². The zero-order chi connectivity index (χ0) is 18.9. The molecule has 0 aliphatic rings. The monoisotopic (exact) mass is 357 g/mol. The van der Waals surface area contributed by atoms with Gasteiger partial charge in [0.05, 0.1) is 0 Å². The van der Waals surface area contributed by atoms with Crippen molar-refractivity contribution in [2.45, 2.75) is 6.18 Å². The van der Waals surface area contributed by atoms with Gasteiger partial charge in [0.2, 0.25) is 5.91 Å². The SMILES string of the molecule is N#Cc1cc(-c2cnc3[nH]cc(/C=C/C(N)=O)c3c2)cc(C(F)(F)F)n1. The largest absolute Gasteiger partial charge is 0.433 e. The van der Waals surface area contributed by atoms with Gasteiger partial charge in [0, 0.05) is 35.0 Å². The predicted molar refractivity (Wildman–Crippen MR) is 87.3 cm³/mol. The van der Waals surface area contributed by atoms with Crippen molar-refractivity contribution in [2.75, 3.05) is 0 Å². The molecule has 0 fully saturated rings. The summed E-state index contributed by atoms with van der Waals surface area (Å²) in [7, 11) is 0. The lowest BCUT2D eigenvalue weighted by Crippen LogP contribution is -2.09. The molecule has 0 saturated heterocycles. The van der Waals surface area contributed by atoms with Crippen molar-refractivity contribution in [3.63, 3.8) is 0 Å². The summed E-state index contributed by atoms with van der Waals surface area (Å²) >= 11 is 0. The molecule has 0 bridgehead atoms. The first-order valence-corrected chi connectivity index (χ1v) is 7.22. The number of primary amides is 1. The van der Waals surface area contributed by atoms with Gasteiger partial charge in [-0.25, -0.2) is 9.97 Å². The topological polar surface area (TPSA) is 108 Å².